The molecule has 1 aliphatic carbocycles. The highest BCUT2D eigenvalue weighted by Gasteiger charge is 2.12. The van der Waals surface area contributed by atoms with Gasteiger partial charge in [-0.05, 0) is 65.1 Å². The van der Waals surface area contributed by atoms with Gasteiger partial charge < -0.3 is 5.73 Å². The average Bonchev–Trinajstić information content (AvgIpc) is 3.26. The summed E-state index contributed by atoms with van der Waals surface area (Å²) in [5.41, 5.74) is 15.7. The molecule has 2 heterocycles. The normalized spacial score (nSPS) is 14.7. The monoisotopic (exact) mass is 456 g/mol. The molecule has 0 amide bonds. The number of nitrogens with zero attached hydrogens (tertiary/aromatic N) is 1. The van der Waals surface area contributed by atoms with Crippen molar-refractivity contribution in [3.8, 4) is 11.1 Å². The molecule has 0 atom stereocenters. The fourth-order valence-electron chi connectivity index (χ4n) is 4.59. The lowest BCUT2D eigenvalue weighted by molar-refractivity contribution is 1.05. The van der Waals surface area contributed by atoms with Crippen LogP contribution in [0.3, 0.4) is 0 Å². The van der Waals surface area contributed by atoms with Gasteiger partial charge in [-0.25, -0.2) is 0 Å². The van der Waals surface area contributed by atoms with Gasteiger partial charge in [0.15, 0.2) is 0 Å². The van der Waals surface area contributed by atoms with Crippen LogP contribution < -0.4 is 5.73 Å². The zero-order valence-corrected chi connectivity index (χ0v) is 19.8. The molecular weight excluding hydrogens is 432 g/mol. The van der Waals surface area contributed by atoms with Crippen LogP contribution in [0.4, 0.5) is 0 Å². The van der Waals surface area contributed by atoms with E-state index < -0.39 is 0 Å². The van der Waals surface area contributed by atoms with Crippen molar-refractivity contribution in [1.29, 1.82) is 0 Å². The largest absolute Gasteiger partial charge is 0.398 e. The Hall–Kier alpha value is -3.95. The zero-order valence-electron chi connectivity index (χ0n) is 19.0. The average molecular weight is 457 g/mol. The third-order valence-electron chi connectivity index (χ3n) is 6.44. The second-order valence-corrected chi connectivity index (χ2v) is 9.85. The highest BCUT2D eigenvalue weighted by molar-refractivity contribution is 7.25. The van der Waals surface area contributed by atoms with Crippen LogP contribution in [0.5, 0.6) is 0 Å². The van der Waals surface area contributed by atoms with Crippen molar-refractivity contribution >= 4 is 43.3 Å². The maximum Gasteiger partial charge on any atom is 0.0519 e. The number of rotatable bonds is 3. The molecule has 164 valence electrons. The Morgan fingerprint density at radius 3 is 2.71 bits per heavy atom. The van der Waals surface area contributed by atoms with Crippen LogP contribution in [0.1, 0.15) is 22.4 Å². The summed E-state index contributed by atoms with van der Waals surface area (Å²) in [4.78, 5) is 4.51. The predicted molar refractivity (Wildman–Crippen MR) is 147 cm³/mol. The molecule has 6 rings (SSSR count). The van der Waals surface area contributed by atoms with Gasteiger partial charge in [-0.1, -0.05) is 72.3 Å². The van der Waals surface area contributed by atoms with Gasteiger partial charge >= 0.3 is 0 Å². The second kappa shape index (κ2) is 8.44. The van der Waals surface area contributed by atoms with E-state index >= 15 is 0 Å². The summed E-state index contributed by atoms with van der Waals surface area (Å²) in [7, 11) is 0. The Kier molecular flexibility index (Phi) is 5.12. The van der Waals surface area contributed by atoms with Crippen LogP contribution in [-0.2, 0) is 6.42 Å². The molecule has 0 saturated carbocycles. The van der Waals surface area contributed by atoms with Gasteiger partial charge in [-0.3, -0.25) is 4.98 Å². The lowest BCUT2D eigenvalue weighted by atomic mass is 9.97. The number of aryl methyl sites for hydroxylation is 1. The molecule has 0 spiro atoms. The van der Waals surface area contributed by atoms with Gasteiger partial charge in [0.2, 0.25) is 0 Å². The highest BCUT2D eigenvalue weighted by atomic mass is 32.1. The third-order valence-corrected chi connectivity index (χ3v) is 7.58. The van der Waals surface area contributed by atoms with Gasteiger partial charge in [-0.2, -0.15) is 0 Å². The molecule has 0 aliphatic heterocycles. The minimum Gasteiger partial charge on any atom is -0.398 e. The molecule has 2 nitrogen and oxygen atoms in total. The fourth-order valence-corrected chi connectivity index (χ4v) is 5.70. The molecule has 0 fully saturated rings. The molecule has 3 aromatic carbocycles. The van der Waals surface area contributed by atoms with Crippen LogP contribution in [0.25, 0.3) is 43.1 Å². The molecule has 0 unspecified atom stereocenters. The molecule has 0 bridgehead atoms. The number of hydrogen-bond acceptors (Lipinski definition) is 3. The van der Waals surface area contributed by atoms with Gasteiger partial charge in [0.25, 0.3) is 0 Å². The second-order valence-electron chi connectivity index (χ2n) is 8.77. The quantitative estimate of drug-likeness (QED) is 0.299. The van der Waals surface area contributed by atoms with Gasteiger partial charge in [0, 0.05) is 38.5 Å². The van der Waals surface area contributed by atoms with Crippen molar-refractivity contribution in [1.82, 2.24) is 4.98 Å². The molecular formula is C31H24N2S. The van der Waals surface area contributed by atoms with Crippen molar-refractivity contribution in [3.63, 3.8) is 0 Å². The smallest absolute Gasteiger partial charge is 0.0519 e. The predicted octanol–water partition coefficient (Wildman–Crippen LogP) is 7.92. The minimum atomic E-state index is 0.766. The van der Waals surface area contributed by atoms with Crippen molar-refractivity contribution < 1.29 is 0 Å². The summed E-state index contributed by atoms with van der Waals surface area (Å²) in [6.07, 6.45) is 11.1. The number of fused-ring (bicyclic) bond motifs is 4. The number of thiophene rings is 1. The Bertz CT molecular complexity index is 1630. The number of allylic oxidation sites excluding steroid dienone is 4. The van der Waals surface area contributed by atoms with E-state index in [0.717, 1.165) is 23.4 Å². The molecule has 1 aliphatic rings. The van der Waals surface area contributed by atoms with E-state index in [9.17, 15) is 0 Å². The number of pyridine rings is 1. The summed E-state index contributed by atoms with van der Waals surface area (Å²) in [5.74, 6) is 0. The van der Waals surface area contributed by atoms with E-state index in [1.54, 1.807) is 0 Å². The van der Waals surface area contributed by atoms with Crippen molar-refractivity contribution in [2.45, 2.75) is 13.3 Å². The summed E-state index contributed by atoms with van der Waals surface area (Å²) in [6.45, 7) is 2.12. The highest BCUT2D eigenvalue weighted by Crippen LogP contribution is 2.40. The Morgan fingerprint density at radius 2 is 1.82 bits per heavy atom. The molecule has 3 heteroatoms. The van der Waals surface area contributed by atoms with Gasteiger partial charge in [0.05, 0.1) is 5.69 Å². The van der Waals surface area contributed by atoms with Crippen LogP contribution >= 0.6 is 11.3 Å². The van der Waals surface area contributed by atoms with Crippen molar-refractivity contribution in [2.24, 2.45) is 5.73 Å². The summed E-state index contributed by atoms with van der Waals surface area (Å²) >= 11 is 1.84. The first kappa shape index (κ1) is 20.6. The topological polar surface area (TPSA) is 38.9 Å². The molecule has 2 aromatic heterocycles. The Balaban J connectivity index is 1.40. The van der Waals surface area contributed by atoms with E-state index in [-0.39, 0.29) is 0 Å². The summed E-state index contributed by atoms with van der Waals surface area (Å²) in [5, 5.41) is 2.56. The molecule has 0 radical (unpaired) electrons. The number of benzene rings is 3. The zero-order chi connectivity index (χ0) is 23.1. The van der Waals surface area contributed by atoms with Crippen molar-refractivity contribution in [3.05, 3.63) is 125 Å². The summed E-state index contributed by atoms with van der Waals surface area (Å²) < 4.78 is 2.58. The molecule has 5 aromatic rings. The van der Waals surface area contributed by atoms with Crippen LogP contribution in [0, 0.1) is 6.92 Å². The molecule has 0 saturated heterocycles. The van der Waals surface area contributed by atoms with Crippen LogP contribution in [-0.4, -0.2) is 4.98 Å². The minimum absolute atomic E-state index is 0.766. The van der Waals surface area contributed by atoms with Gasteiger partial charge in [-0.15, -0.1) is 11.3 Å². The number of aromatic nitrogens is 1. The fraction of sp³-hybridized carbons (Fsp3) is 0.0645. The maximum absolute atomic E-state index is 6.56. The Labute approximate surface area is 203 Å². The van der Waals surface area contributed by atoms with Gasteiger partial charge in [0.1, 0.15) is 0 Å². The van der Waals surface area contributed by atoms with Crippen molar-refractivity contribution in [2.75, 3.05) is 0 Å². The standard InChI is InChI=1S/C31H24N2S/c1-20-7-11-22(12-8-20)25-5-2-6-30-31(25)26-19-24(14-16-29(26)34-30)27(32)15-10-21-9-13-23-4-3-17-33-28(23)18-21/h2-17,19H,18,32H2,1H3/b21-10-,27-15-. The van der Waals surface area contributed by atoms with E-state index in [2.05, 4.69) is 96.9 Å². The number of hydrogen-bond donors (Lipinski definition) is 1. The first-order chi connectivity index (χ1) is 16.7. The van der Waals surface area contributed by atoms with E-state index in [1.807, 2.05) is 29.7 Å². The first-order valence-corrected chi connectivity index (χ1v) is 12.3. The van der Waals surface area contributed by atoms with Crippen LogP contribution in [0.2, 0.25) is 0 Å². The maximum atomic E-state index is 6.56. The Morgan fingerprint density at radius 1 is 0.941 bits per heavy atom. The first-order valence-electron chi connectivity index (χ1n) is 11.5. The van der Waals surface area contributed by atoms with E-state index in [0.29, 0.717) is 0 Å². The lowest BCUT2D eigenvalue weighted by Gasteiger charge is -2.11. The van der Waals surface area contributed by atoms with Crippen LogP contribution in [0.15, 0.2) is 103 Å². The SMILES string of the molecule is Cc1ccc(-c2cccc3sc4ccc(/C(N)=C/C=C5/C=Cc6cccnc6C5)cc4c23)cc1. The van der Waals surface area contributed by atoms with E-state index in [1.165, 1.54) is 48.0 Å². The van der Waals surface area contributed by atoms with E-state index in [4.69, 9.17) is 5.73 Å². The molecule has 34 heavy (non-hydrogen) atoms. The summed E-state index contributed by atoms with van der Waals surface area (Å²) in [6, 6.07) is 26.0. The third kappa shape index (κ3) is 3.74. The number of nitrogens with two attached hydrogens (primary N) is 1. The lowest BCUT2D eigenvalue weighted by Crippen LogP contribution is -2.00. The molecule has 2 N–H and O–H groups in total.